The molecule has 35 heavy (non-hydrogen) atoms. The lowest BCUT2D eigenvalue weighted by atomic mass is 10.0. The Balaban J connectivity index is 1.40. The molecule has 2 aliphatic rings. The van der Waals surface area contributed by atoms with Crippen molar-refractivity contribution < 1.29 is 18.2 Å². The van der Waals surface area contributed by atoms with Gasteiger partial charge < -0.3 is 0 Å². The summed E-state index contributed by atoms with van der Waals surface area (Å²) in [5.74, 6) is 1.32. The molecule has 1 amide bonds. The van der Waals surface area contributed by atoms with Gasteiger partial charge in [0.05, 0.1) is 18.7 Å². The summed E-state index contributed by atoms with van der Waals surface area (Å²) in [7, 11) is 1.72. The number of benzene rings is 1. The predicted octanol–water partition coefficient (Wildman–Crippen LogP) is 4.18. The number of pyridine rings is 1. The third-order valence-electron chi connectivity index (χ3n) is 6.20. The summed E-state index contributed by atoms with van der Waals surface area (Å²) in [4.78, 5) is 32.4. The number of hydrogen-bond donors (Lipinski definition) is 0. The molecular formula is C26H25F2N6O+. The summed E-state index contributed by atoms with van der Waals surface area (Å²) in [6.45, 7) is 4.49. The number of aliphatic imine (C=N–C) groups is 1. The minimum atomic E-state index is -2.60. The third-order valence-corrected chi connectivity index (χ3v) is 6.20. The van der Waals surface area contributed by atoms with Crippen molar-refractivity contribution in [3.8, 4) is 11.4 Å². The number of carbonyl (C=O) groups excluding carboxylic acids is 1. The van der Waals surface area contributed by atoms with Crippen molar-refractivity contribution in [3.05, 3.63) is 71.2 Å². The zero-order valence-electron chi connectivity index (χ0n) is 19.7. The number of nitrogens with zero attached hydrogens (tertiary/aromatic N) is 6. The summed E-state index contributed by atoms with van der Waals surface area (Å²) >= 11 is 0. The molecule has 1 aromatic carbocycles. The number of alkyl halides is 2. The maximum Gasteiger partial charge on any atom is 0.286 e. The van der Waals surface area contributed by atoms with Gasteiger partial charge in [-0.05, 0) is 35.7 Å². The lowest BCUT2D eigenvalue weighted by molar-refractivity contribution is -0.533. The average molecular weight is 476 g/mol. The third kappa shape index (κ3) is 4.34. The van der Waals surface area contributed by atoms with E-state index in [1.54, 1.807) is 28.9 Å². The molecule has 4 heterocycles. The van der Waals surface area contributed by atoms with E-state index in [-0.39, 0.29) is 24.0 Å². The number of carbonyl (C=O) groups is 1. The average Bonchev–Trinajstić information content (AvgIpc) is 3.39. The molecule has 0 aliphatic carbocycles. The van der Waals surface area contributed by atoms with Crippen LogP contribution in [0.4, 0.5) is 14.6 Å². The highest BCUT2D eigenvalue weighted by Gasteiger charge is 2.32. The van der Waals surface area contributed by atoms with Crippen LogP contribution in [0.3, 0.4) is 0 Å². The van der Waals surface area contributed by atoms with Crippen LogP contribution in [0.15, 0.2) is 53.8 Å². The van der Waals surface area contributed by atoms with Crippen LogP contribution in [0.25, 0.3) is 11.4 Å². The van der Waals surface area contributed by atoms with Crippen LogP contribution in [0.1, 0.15) is 48.3 Å². The molecule has 9 heteroatoms. The van der Waals surface area contributed by atoms with Gasteiger partial charge in [-0.1, -0.05) is 26.0 Å². The monoisotopic (exact) mass is 475 g/mol. The summed E-state index contributed by atoms with van der Waals surface area (Å²) < 4.78 is 27.7. The van der Waals surface area contributed by atoms with Gasteiger partial charge >= 0.3 is 0 Å². The Morgan fingerprint density at radius 2 is 1.91 bits per heavy atom. The van der Waals surface area contributed by atoms with Gasteiger partial charge in [0.15, 0.2) is 17.8 Å². The molecule has 2 aromatic heterocycles. The van der Waals surface area contributed by atoms with E-state index < -0.39 is 12.6 Å². The molecular weight excluding hydrogens is 450 g/mol. The standard InChI is InChI=1S/C26H25F2N6O/c1-15(2)22-19(5-4-10-29-22)24-30-12-18-11-21(35)34(26(18)32-24)13-16-6-8-17(9-7-16)25-31-20(23(27)28)14-33(25)3/h4-10,12,14-15,23,25H,11,13H2,1-3H3/q+1. The zero-order chi connectivity index (χ0) is 24.7. The highest BCUT2D eigenvalue weighted by molar-refractivity contribution is 6.31. The fourth-order valence-electron chi connectivity index (χ4n) is 4.44. The van der Waals surface area contributed by atoms with Crippen LogP contribution < -0.4 is 4.90 Å². The molecule has 178 valence electrons. The number of amides is 1. The molecule has 0 saturated carbocycles. The SMILES string of the molecule is CC(C)c1ncccc1-c1ncc2c(n1)N(Cc1ccc(C3N=C(C(F)F)C=[N+]3C)cc1)C(=O)C2. The molecule has 1 unspecified atom stereocenters. The summed E-state index contributed by atoms with van der Waals surface area (Å²) in [5, 5.41) is 0. The van der Waals surface area contributed by atoms with Crippen molar-refractivity contribution in [3.63, 3.8) is 0 Å². The van der Waals surface area contributed by atoms with Gasteiger partial charge in [-0.15, -0.1) is 0 Å². The highest BCUT2D eigenvalue weighted by Crippen LogP contribution is 2.32. The Morgan fingerprint density at radius 3 is 2.60 bits per heavy atom. The Labute approximate surface area is 201 Å². The van der Waals surface area contributed by atoms with Crippen LogP contribution in [0.5, 0.6) is 0 Å². The Morgan fingerprint density at radius 1 is 1.14 bits per heavy atom. The lowest BCUT2D eigenvalue weighted by Gasteiger charge is -2.18. The molecule has 5 rings (SSSR count). The fraction of sp³-hybridized carbons (Fsp3) is 0.308. The van der Waals surface area contributed by atoms with E-state index in [0.717, 1.165) is 27.9 Å². The minimum Gasteiger partial charge on any atom is -0.292 e. The van der Waals surface area contributed by atoms with Crippen molar-refractivity contribution in [1.82, 2.24) is 15.0 Å². The number of anilines is 1. The van der Waals surface area contributed by atoms with Crippen molar-refractivity contribution in [1.29, 1.82) is 0 Å². The number of aromatic nitrogens is 3. The van der Waals surface area contributed by atoms with Gasteiger partial charge in [-0.3, -0.25) is 14.7 Å². The van der Waals surface area contributed by atoms with Crippen LogP contribution in [-0.2, 0) is 17.8 Å². The molecule has 0 bridgehead atoms. The van der Waals surface area contributed by atoms with Crippen LogP contribution in [0.2, 0.25) is 0 Å². The molecule has 0 fully saturated rings. The van der Waals surface area contributed by atoms with Crippen LogP contribution >= 0.6 is 0 Å². The summed E-state index contributed by atoms with van der Waals surface area (Å²) in [6, 6.07) is 11.3. The van der Waals surface area contributed by atoms with Gasteiger partial charge in [0, 0.05) is 29.1 Å². The van der Waals surface area contributed by atoms with E-state index in [1.165, 1.54) is 6.21 Å². The molecule has 7 nitrogen and oxygen atoms in total. The molecule has 0 saturated heterocycles. The van der Waals surface area contributed by atoms with Gasteiger partial charge in [-0.25, -0.2) is 28.3 Å². The Hall–Kier alpha value is -3.88. The van der Waals surface area contributed by atoms with E-state index >= 15 is 0 Å². The van der Waals surface area contributed by atoms with Crippen LogP contribution in [0, 0.1) is 0 Å². The van der Waals surface area contributed by atoms with Crippen molar-refractivity contribution in [2.75, 3.05) is 11.9 Å². The summed E-state index contributed by atoms with van der Waals surface area (Å²) in [6.07, 6.45) is 2.03. The number of rotatable bonds is 6. The fourth-order valence-corrected chi connectivity index (χ4v) is 4.44. The molecule has 1 atom stereocenters. The first kappa shape index (κ1) is 22.9. The van der Waals surface area contributed by atoms with Gasteiger partial charge in [-0.2, -0.15) is 0 Å². The van der Waals surface area contributed by atoms with Crippen molar-refractivity contribution in [2.45, 2.75) is 45.3 Å². The zero-order valence-corrected chi connectivity index (χ0v) is 19.7. The first-order chi connectivity index (χ1) is 16.8. The van der Waals surface area contributed by atoms with E-state index in [2.05, 4.69) is 28.8 Å². The normalized spacial score (nSPS) is 17.3. The van der Waals surface area contributed by atoms with Crippen molar-refractivity contribution in [2.24, 2.45) is 4.99 Å². The van der Waals surface area contributed by atoms with E-state index in [9.17, 15) is 13.6 Å². The van der Waals surface area contributed by atoms with Gasteiger partial charge in [0.25, 0.3) is 12.6 Å². The van der Waals surface area contributed by atoms with Gasteiger partial charge in [0.1, 0.15) is 12.9 Å². The number of fused-ring (bicyclic) bond motifs is 1. The molecule has 2 aliphatic heterocycles. The maximum atomic E-state index is 13.0. The van der Waals surface area contributed by atoms with Crippen LogP contribution in [-0.4, -0.2) is 50.8 Å². The van der Waals surface area contributed by atoms with Crippen molar-refractivity contribution >= 4 is 23.7 Å². The first-order valence-corrected chi connectivity index (χ1v) is 11.4. The topological polar surface area (TPSA) is 74.3 Å². The first-order valence-electron chi connectivity index (χ1n) is 11.4. The summed E-state index contributed by atoms with van der Waals surface area (Å²) in [5.41, 5.74) is 4.05. The molecule has 0 radical (unpaired) electrons. The van der Waals surface area contributed by atoms with E-state index in [4.69, 9.17) is 4.98 Å². The molecule has 0 N–H and O–H groups in total. The second-order valence-electron chi connectivity index (χ2n) is 9.05. The number of halogens is 2. The van der Waals surface area contributed by atoms with E-state index in [1.807, 2.05) is 36.4 Å². The smallest absolute Gasteiger partial charge is 0.286 e. The minimum absolute atomic E-state index is 0.0397. The van der Waals surface area contributed by atoms with E-state index in [0.29, 0.717) is 18.2 Å². The Bertz CT molecular complexity index is 1350. The quantitative estimate of drug-likeness (QED) is 0.502. The molecule has 3 aromatic rings. The van der Waals surface area contributed by atoms with Gasteiger partial charge in [0.2, 0.25) is 5.91 Å². The number of hydrogen-bond acceptors (Lipinski definition) is 5. The highest BCUT2D eigenvalue weighted by atomic mass is 19.3. The lowest BCUT2D eigenvalue weighted by Crippen LogP contribution is -2.26. The largest absolute Gasteiger partial charge is 0.292 e. The molecule has 0 spiro atoms. The Kier molecular flexibility index (Phi) is 5.92. The second-order valence-corrected chi connectivity index (χ2v) is 9.05. The second kappa shape index (κ2) is 9.05. The predicted molar refractivity (Wildman–Crippen MR) is 129 cm³/mol. The maximum absolute atomic E-state index is 13.0.